The molecule has 7 heteroatoms. The standard InChI is InChI=1S/C6H12O6.Pt/c7-1-3(9)5(11)6(12)4(10)2-8;/h1,3-6,8-12H,2H2;/q;+2/t3-,4+,5+,6+;/m0./s1. The van der Waals surface area contributed by atoms with Crippen LogP contribution in [0.3, 0.4) is 0 Å². The van der Waals surface area contributed by atoms with Gasteiger partial charge in [-0.25, -0.2) is 0 Å². The fraction of sp³-hybridized carbons (Fsp3) is 0.833. The summed E-state index contributed by atoms with van der Waals surface area (Å²) in [5.74, 6) is 0. The van der Waals surface area contributed by atoms with Crippen molar-refractivity contribution in [2.45, 2.75) is 24.4 Å². The summed E-state index contributed by atoms with van der Waals surface area (Å²) in [4.78, 5) is 9.90. The van der Waals surface area contributed by atoms with Gasteiger partial charge in [-0.15, -0.1) is 0 Å². The minimum Gasteiger partial charge on any atom is -0.394 e. The van der Waals surface area contributed by atoms with Gasteiger partial charge in [0.25, 0.3) is 0 Å². The van der Waals surface area contributed by atoms with Crippen molar-refractivity contribution in [3.8, 4) is 0 Å². The third kappa shape index (κ3) is 4.81. The van der Waals surface area contributed by atoms with Crippen molar-refractivity contribution in [3.63, 3.8) is 0 Å². The number of rotatable bonds is 5. The van der Waals surface area contributed by atoms with Gasteiger partial charge in [-0.05, 0) is 0 Å². The molecule has 0 aromatic heterocycles. The van der Waals surface area contributed by atoms with E-state index in [1.807, 2.05) is 0 Å². The summed E-state index contributed by atoms with van der Waals surface area (Å²) in [5, 5.41) is 43.5. The molecule has 0 aliphatic heterocycles. The van der Waals surface area contributed by atoms with Crippen LogP contribution in [0.1, 0.15) is 0 Å². The first-order chi connectivity index (χ1) is 5.54. The van der Waals surface area contributed by atoms with Crippen LogP contribution in [0.15, 0.2) is 0 Å². The molecule has 0 heterocycles. The van der Waals surface area contributed by atoms with Crippen LogP contribution < -0.4 is 0 Å². The molecule has 0 aliphatic rings. The molecule has 0 aromatic rings. The van der Waals surface area contributed by atoms with Gasteiger partial charge in [0, 0.05) is 0 Å². The van der Waals surface area contributed by atoms with Crippen LogP contribution in [0.5, 0.6) is 0 Å². The van der Waals surface area contributed by atoms with E-state index in [2.05, 4.69) is 0 Å². The fourth-order valence-corrected chi connectivity index (χ4v) is 0.618. The van der Waals surface area contributed by atoms with Gasteiger partial charge in [0.05, 0.1) is 6.61 Å². The van der Waals surface area contributed by atoms with Crippen molar-refractivity contribution in [3.05, 3.63) is 0 Å². The third-order valence-corrected chi connectivity index (χ3v) is 1.42. The molecule has 6 nitrogen and oxygen atoms in total. The number of carbonyl (C=O) groups is 1. The van der Waals surface area contributed by atoms with E-state index in [4.69, 9.17) is 25.5 Å². The monoisotopic (exact) mass is 375 g/mol. The minimum atomic E-state index is -1.79. The van der Waals surface area contributed by atoms with Crippen LogP contribution in [0.25, 0.3) is 0 Å². The molecular weight excluding hydrogens is 363 g/mol. The van der Waals surface area contributed by atoms with Gasteiger partial charge in [-0.1, -0.05) is 0 Å². The number of carbonyl (C=O) groups excluding carboxylic acids is 1. The zero-order valence-corrected chi connectivity index (χ0v) is 8.83. The Labute approximate surface area is 89.1 Å². The molecule has 5 N–H and O–H groups in total. The normalized spacial score (nSPS) is 19.5. The summed E-state index contributed by atoms with van der Waals surface area (Å²) in [5.41, 5.74) is 0. The molecule has 0 bridgehead atoms. The van der Waals surface area contributed by atoms with E-state index in [9.17, 15) is 4.79 Å². The van der Waals surface area contributed by atoms with E-state index in [-0.39, 0.29) is 27.4 Å². The summed E-state index contributed by atoms with van der Waals surface area (Å²) in [6, 6.07) is 0. The summed E-state index contributed by atoms with van der Waals surface area (Å²) >= 11 is 0. The Balaban J connectivity index is 0. The van der Waals surface area contributed by atoms with Crippen molar-refractivity contribution >= 4 is 6.29 Å². The molecule has 0 aliphatic carbocycles. The minimum absolute atomic E-state index is 0. The second-order valence-electron chi connectivity index (χ2n) is 2.36. The molecule has 80 valence electrons. The Kier molecular flexibility index (Phi) is 9.08. The predicted molar refractivity (Wildman–Crippen MR) is 37.2 cm³/mol. The largest absolute Gasteiger partial charge is 2.00 e. The maximum absolute atomic E-state index is 9.90. The Bertz CT molecular complexity index is 143. The van der Waals surface area contributed by atoms with E-state index >= 15 is 0 Å². The van der Waals surface area contributed by atoms with Gasteiger partial charge in [-0.2, -0.15) is 0 Å². The van der Waals surface area contributed by atoms with Gasteiger partial charge in [-0.3, -0.25) is 0 Å². The topological polar surface area (TPSA) is 118 Å². The van der Waals surface area contributed by atoms with Crippen LogP contribution in [0, 0.1) is 0 Å². The zero-order chi connectivity index (χ0) is 9.72. The van der Waals surface area contributed by atoms with Gasteiger partial charge >= 0.3 is 21.1 Å². The SMILES string of the molecule is O=C[C@H](O)[C@@H](O)[C@H](O)[C@H](O)CO.[Pt+2]. The van der Waals surface area contributed by atoms with E-state index < -0.39 is 31.0 Å². The maximum Gasteiger partial charge on any atom is 2.00 e. The Morgan fingerprint density at radius 2 is 1.54 bits per heavy atom. The Morgan fingerprint density at radius 1 is 1.08 bits per heavy atom. The van der Waals surface area contributed by atoms with Crippen LogP contribution in [0.2, 0.25) is 0 Å². The molecule has 0 saturated carbocycles. The van der Waals surface area contributed by atoms with E-state index in [0.717, 1.165) is 0 Å². The molecule has 0 radical (unpaired) electrons. The van der Waals surface area contributed by atoms with E-state index in [0.29, 0.717) is 0 Å². The summed E-state index contributed by atoms with van der Waals surface area (Å²) in [6.07, 6.45) is -6.84. The molecule has 0 saturated heterocycles. The Hall–Kier alpha value is 0.158. The smallest absolute Gasteiger partial charge is 0.394 e. The third-order valence-electron chi connectivity index (χ3n) is 1.42. The maximum atomic E-state index is 9.90. The van der Waals surface area contributed by atoms with Crippen molar-refractivity contribution in [1.82, 2.24) is 0 Å². The first-order valence-corrected chi connectivity index (χ1v) is 3.33. The number of hydrogen-bond acceptors (Lipinski definition) is 6. The number of aldehydes is 1. The van der Waals surface area contributed by atoms with Gasteiger partial charge in [0.2, 0.25) is 0 Å². The van der Waals surface area contributed by atoms with Crippen LogP contribution in [0.4, 0.5) is 0 Å². The first kappa shape index (κ1) is 15.6. The van der Waals surface area contributed by atoms with Crippen molar-refractivity contribution < 1.29 is 51.4 Å². The Morgan fingerprint density at radius 3 is 1.85 bits per heavy atom. The molecule has 0 rings (SSSR count). The summed E-state index contributed by atoms with van der Waals surface area (Å²) < 4.78 is 0. The van der Waals surface area contributed by atoms with Gasteiger partial charge < -0.3 is 30.3 Å². The molecule has 0 amide bonds. The molecule has 13 heavy (non-hydrogen) atoms. The summed E-state index contributed by atoms with van der Waals surface area (Å²) in [6.45, 7) is -0.760. The average molecular weight is 375 g/mol. The van der Waals surface area contributed by atoms with Gasteiger partial charge in [0.15, 0.2) is 6.29 Å². The molecule has 0 fully saturated rings. The fourth-order valence-electron chi connectivity index (χ4n) is 0.618. The molecule has 0 unspecified atom stereocenters. The second kappa shape index (κ2) is 7.55. The van der Waals surface area contributed by atoms with Crippen LogP contribution >= 0.6 is 0 Å². The molecule has 4 atom stereocenters. The van der Waals surface area contributed by atoms with E-state index in [1.165, 1.54) is 0 Å². The zero-order valence-electron chi connectivity index (χ0n) is 6.55. The van der Waals surface area contributed by atoms with Crippen LogP contribution in [-0.2, 0) is 25.9 Å². The number of aliphatic hydroxyl groups excluding tert-OH is 5. The van der Waals surface area contributed by atoms with E-state index in [1.54, 1.807) is 0 Å². The molecule has 0 spiro atoms. The van der Waals surface area contributed by atoms with Crippen molar-refractivity contribution in [2.75, 3.05) is 6.61 Å². The molecule has 0 aromatic carbocycles. The predicted octanol–water partition coefficient (Wildman–Crippen LogP) is -3.38. The number of hydrogen-bond donors (Lipinski definition) is 5. The van der Waals surface area contributed by atoms with Crippen molar-refractivity contribution in [2.24, 2.45) is 0 Å². The average Bonchev–Trinajstić information content (AvgIpc) is 2.12. The first-order valence-electron chi connectivity index (χ1n) is 3.33. The summed E-state index contributed by atoms with van der Waals surface area (Å²) in [7, 11) is 0. The van der Waals surface area contributed by atoms with Crippen LogP contribution in [-0.4, -0.2) is 62.8 Å². The quantitative estimate of drug-likeness (QED) is 0.320. The second-order valence-corrected chi connectivity index (χ2v) is 2.36. The van der Waals surface area contributed by atoms with Crippen molar-refractivity contribution in [1.29, 1.82) is 0 Å². The van der Waals surface area contributed by atoms with Gasteiger partial charge in [0.1, 0.15) is 24.4 Å². The number of aliphatic hydroxyl groups is 5. The molecular formula is C6H12O6Pt+2.